The number of halogens is 1. The van der Waals surface area contributed by atoms with Crippen LogP contribution in [0.3, 0.4) is 0 Å². The quantitative estimate of drug-likeness (QED) is 0.893. The fourth-order valence-electron chi connectivity index (χ4n) is 2.49. The molecule has 3 rings (SSSR count). The Kier molecular flexibility index (Phi) is 5.31. The van der Waals surface area contributed by atoms with Crippen molar-refractivity contribution in [3.8, 4) is 5.75 Å². The average molecular weight is 375 g/mol. The topological polar surface area (TPSA) is 41.6 Å². The van der Waals surface area contributed by atoms with Gasteiger partial charge in [0, 0.05) is 36.2 Å². The van der Waals surface area contributed by atoms with Crippen molar-refractivity contribution in [3.05, 3.63) is 64.1 Å². The van der Waals surface area contributed by atoms with Crippen molar-refractivity contribution in [2.24, 2.45) is 0 Å². The minimum Gasteiger partial charge on any atom is -0.489 e. The van der Waals surface area contributed by atoms with Gasteiger partial charge in [-0.3, -0.25) is 4.79 Å². The second-order valence-electron chi connectivity index (χ2n) is 5.48. The van der Waals surface area contributed by atoms with E-state index in [1.807, 2.05) is 53.4 Å². The summed E-state index contributed by atoms with van der Waals surface area (Å²) in [6, 6.07) is 15.4. The fourth-order valence-corrected chi connectivity index (χ4v) is 2.76. The standard InChI is InChI=1S/C18H19BrN2O2/c19-16-5-1-14(2-6-16)13-23-17-7-3-15(4-8-17)18(22)21-11-9-20-10-12-21/h1-8,20H,9-13H2. The van der Waals surface area contributed by atoms with E-state index in [0.717, 1.165) is 42.0 Å². The van der Waals surface area contributed by atoms with Gasteiger partial charge in [-0.15, -0.1) is 0 Å². The average Bonchev–Trinajstić information content (AvgIpc) is 2.62. The first-order valence-electron chi connectivity index (χ1n) is 7.70. The zero-order valence-corrected chi connectivity index (χ0v) is 14.4. The lowest BCUT2D eigenvalue weighted by atomic mass is 10.1. The smallest absolute Gasteiger partial charge is 0.253 e. The predicted molar refractivity (Wildman–Crippen MR) is 93.7 cm³/mol. The summed E-state index contributed by atoms with van der Waals surface area (Å²) in [4.78, 5) is 14.3. The van der Waals surface area contributed by atoms with Gasteiger partial charge in [0.15, 0.2) is 0 Å². The van der Waals surface area contributed by atoms with E-state index >= 15 is 0 Å². The maximum atomic E-state index is 12.4. The summed E-state index contributed by atoms with van der Waals surface area (Å²) in [6.45, 7) is 3.76. The molecule has 1 heterocycles. The van der Waals surface area contributed by atoms with Crippen molar-refractivity contribution >= 4 is 21.8 Å². The van der Waals surface area contributed by atoms with Gasteiger partial charge in [-0.05, 0) is 42.0 Å². The Balaban J connectivity index is 1.58. The first kappa shape index (κ1) is 16.0. The molecular weight excluding hydrogens is 356 g/mol. The molecule has 0 radical (unpaired) electrons. The summed E-state index contributed by atoms with van der Waals surface area (Å²) >= 11 is 3.42. The Morgan fingerprint density at radius 3 is 2.35 bits per heavy atom. The van der Waals surface area contributed by atoms with Crippen molar-refractivity contribution in [1.29, 1.82) is 0 Å². The molecule has 1 aliphatic heterocycles. The summed E-state index contributed by atoms with van der Waals surface area (Å²) in [5.41, 5.74) is 1.82. The highest BCUT2D eigenvalue weighted by Gasteiger charge is 2.17. The first-order chi connectivity index (χ1) is 11.2. The SMILES string of the molecule is O=C(c1ccc(OCc2ccc(Br)cc2)cc1)N1CCNCC1. The van der Waals surface area contributed by atoms with E-state index in [1.54, 1.807) is 0 Å². The summed E-state index contributed by atoms with van der Waals surface area (Å²) in [5, 5.41) is 3.25. The van der Waals surface area contributed by atoms with Gasteiger partial charge in [0.2, 0.25) is 0 Å². The Bertz CT molecular complexity index is 650. The lowest BCUT2D eigenvalue weighted by molar-refractivity contribution is 0.0736. The second-order valence-corrected chi connectivity index (χ2v) is 6.40. The first-order valence-corrected chi connectivity index (χ1v) is 8.49. The Morgan fingerprint density at radius 2 is 1.70 bits per heavy atom. The molecule has 1 fully saturated rings. The molecule has 0 aromatic heterocycles. The lowest BCUT2D eigenvalue weighted by Gasteiger charge is -2.27. The summed E-state index contributed by atoms with van der Waals surface area (Å²) < 4.78 is 6.81. The van der Waals surface area contributed by atoms with Gasteiger partial charge in [-0.25, -0.2) is 0 Å². The maximum Gasteiger partial charge on any atom is 0.253 e. The number of benzene rings is 2. The highest BCUT2D eigenvalue weighted by Crippen LogP contribution is 2.17. The molecule has 1 aliphatic rings. The molecule has 0 spiro atoms. The number of carbonyl (C=O) groups excluding carboxylic acids is 1. The van der Waals surface area contributed by atoms with E-state index in [2.05, 4.69) is 21.2 Å². The fraction of sp³-hybridized carbons (Fsp3) is 0.278. The molecule has 0 saturated carbocycles. The van der Waals surface area contributed by atoms with Crippen LogP contribution in [0.15, 0.2) is 53.0 Å². The molecule has 2 aromatic carbocycles. The summed E-state index contributed by atoms with van der Waals surface area (Å²) in [5.74, 6) is 0.857. The molecule has 120 valence electrons. The number of ether oxygens (including phenoxy) is 1. The van der Waals surface area contributed by atoms with Crippen LogP contribution in [0.2, 0.25) is 0 Å². The van der Waals surface area contributed by atoms with Crippen molar-refractivity contribution in [2.75, 3.05) is 26.2 Å². The van der Waals surface area contributed by atoms with Crippen molar-refractivity contribution in [1.82, 2.24) is 10.2 Å². The minimum atomic E-state index is 0.0889. The van der Waals surface area contributed by atoms with Crippen molar-refractivity contribution in [2.45, 2.75) is 6.61 Å². The molecule has 1 saturated heterocycles. The zero-order valence-electron chi connectivity index (χ0n) is 12.8. The van der Waals surface area contributed by atoms with E-state index in [4.69, 9.17) is 4.74 Å². The van der Waals surface area contributed by atoms with Gasteiger partial charge in [0.25, 0.3) is 5.91 Å². The number of carbonyl (C=O) groups is 1. The van der Waals surface area contributed by atoms with Crippen LogP contribution in [-0.2, 0) is 6.61 Å². The maximum absolute atomic E-state index is 12.4. The van der Waals surface area contributed by atoms with E-state index in [1.165, 1.54) is 0 Å². The number of rotatable bonds is 4. The molecule has 0 unspecified atom stereocenters. The highest BCUT2D eigenvalue weighted by atomic mass is 79.9. The van der Waals surface area contributed by atoms with Crippen LogP contribution in [0.1, 0.15) is 15.9 Å². The lowest BCUT2D eigenvalue weighted by Crippen LogP contribution is -2.46. The molecule has 1 N–H and O–H groups in total. The summed E-state index contributed by atoms with van der Waals surface area (Å²) in [7, 11) is 0. The Morgan fingerprint density at radius 1 is 1.04 bits per heavy atom. The van der Waals surface area contributed by atoms with Crippen LogP contribution in [0.4, 0.5) is 0 Å². The number of nitrogens with zero attached hydrogens (tertiary/aromatic N) is 1. The Labute approximate surface area is 144 Å². The molecule has 1 amide bonds. The van der Waals surface area contributed by atoms with Gasteiger partial charge < -0.3 is 15.0 Å². The number of nitrogens with one attached hydrogen (secondary N) is 1. The molecule has 4 nitrogen and oxygen atoms in total. The molecule has 5 heteroatoms. The van der Waals surface area contributed by atoms with Gasteiger partial charge >= 0.3 is 0 Å². The number of amides is 1. The predicted octanol–water partition coefficient (Wildman–Crippen LogP) is 3.07. The third-order valence-corrected chi connectivity index (χ3v) is 4.35. The van der Waals surface area contributed by atoms with E-state index in [9.17, 15) is 4.79 Å². The van der Waals surface area contributed by atoms with Gasteiger partial charge in [-0.2, -0.15) is 0 Å². The van der Waals surface area contributed by atoms with Crippen LogP contribution in [0.25, 0.3) is 0 Å². The van der Waals surface area contributed by atoms with Gasteiger partial charge in [-0.1, -0.05) is 28.1 Å². The van der Waals surface area contributed by atoms with Gasteiger partial charge in [0.1, 0.15) is 12.4 Å². The third-order valence-electron chi connectivity index (χ3n) is 3.82. The number of piperazine rings is 1. The molecule has 23 heavy (non-hydrogen) atoms. The number of hydrogen-bond acceptors (Lipinski definition) is 3. The summed E-state index contributed by atoms with van der Waals surface area (Å²) in [6.07, 6.45) is 0. The normalized spacial score (nSPS) is 14.6. The largest absolute Gasteiger partial charge is 0.489 e. The van der Waals surface area contributed by atoms with E-state index in [0.29, 0.717) is 12.2 Å². The molecule has 0 bridgehead atoms. The monoisotopic (exact) mass is 374 g/mol. The molecular formula is C18H19BrN2O2. The molecule has 2 aromatic rings. The van der Waals surface area contributed by atoms with Crippen LogP contribution in [0.5, 0.6) is 5.75 Å². The van der Waals surface area contributed by atoms with Crippen LogP contribution >= 0.6 is 15.9 Å². The van der Waals surface area contributed by atoms with Gasteiger partial charge in [0.05, 0.1) is 0 Å². The number of hydrogen-bond donors (Lipinski definition) is 1. The van der Waals surface area contributed by atoms with Crippen molar-refractivity contribution < 1.29 is 9.53 Å². The highest BCUT2D eigenvalue weighted by molar-refractivity contribution is 9.10. The van der Waals surface area contributed by atoms with E-state index in [-0.39, 0.29) is 5.91 Å². The van der Waals surface area contributed by atoms with Crippen LogP contribution in [-0.4, -0.2) is 37.0 Å². The zero-order chi connectivity index (χ0) is 16.1. The molecule has 0 aliphatic carbocycles. The van der Waals surface area contributed by atoms with Crippen LogP contribution < -0.4 is 10.1 Å². The Hall–Kier alpha value is -1.85. The minimum absolute atomic E-state index is 0.0889. The second kappa shape index (κ2) is 7.62. The van der Waals surface area contributed by atoms with E-state index < -0.39 is 0 Å². The third kappa shape index (κ3) is 4.33. The van der Waals surface area contributed by atoms with Crippen LogP contribution in [0, 0.1) is 0 Å². The molecule has 0 atom stereocenters. The van der Waals surface area contributed by atoms with Crippen molar-refractivity contribution in [3.63, 3.8) is 0 Å².